The maximum absolute atomic E-state index is 9.02. The molecule has 1 N–H and O–H groups in total. The quantitative estimate of drug-likeness (QED) is 0.808. The summed E-state index contributed by atoms with van der Waals surface area (Å²) in [6.07, 6.45) is 10.6. The van der Waals surface area contributed by atoms with Crippen molar-refractivity contribution < 1.29 is 0 Å². The average molecular weight is 234 g/mol. The van der Waals surface area contributed by atoms with E-state index in [1.54, 1.807) is 0 Å². The predicted molar refractivity (Wildman–Crippen MR) is 70.5 cm³/mol. The van der Waals surface area contributed by atoms with E-state index in [-0.39, 0.29) is 5.92 Å². The van der Waals surface area contributed by atoms with E-state index in [0.717, 1.165) is 24.8 Å². The lowest BCUT2D eigenvalue weighted by Gasteiger charge is -2.26. The molecular formula is C15H26N2. The van der Waals surface area contributed by atoms with Gasteiger partial charge in [-0.05, 0) is 37.6 Å². The van der Waals surface area contributed by atoms with Gasteiger partial charge in [0.1, 0.15) is 0 Å². The van der Waals surface area contributed by atoms with Crippen LogP contribution in [-0.2, 0) is 0 Å². The first-order valence-corrected chi connectivity index (χ1v) is 7.42. The van der Waals surface area contributed by atoms with Crippen LogP contribution in [0.1, 0.15) is 58.3 Å². The smallest absolute Gasteiger partial charge is 0.0672 e. The molecule has 0 heterocycles. The highest BCUT2D eigenvalue weighted by molar-refractivity contribution is 4.96. The van der Waals surface area contributed by atoms with Crippen molar-refractivity contribution in [3.63, 3.8) is 0 Å². The zero-order valence-corrected chi connectivity index (χ0v) is 11.1. The molecule has 2 aliphatic carbocycles. The molecule has 0 aromatic heterocycles. The molecule has 0 amide bonds. The Labute approximate surface area is 106 Å². The largest absolute Gasteiger partial charge is 0.313 e. The summed E-state index contributed by atoms with van der Waals surface area (Å²) in [5.41, 5.74) is 0. The Morgan fingerprint density at radius 2 is 1.88 bits per heavy atom. The normalized spacial score (nSPS) is 37.9. The highest BCUT2D eigenvalue weighted by atomic mass is 14.9. The van der Waals surface area contributed by atoms with Gasteiger partial charge in [-0.1, -0.05) is 39.0 Å². The van der Waals surface area contributed by atoms with Gasteiger partial charge < -0.3 is 5.32 Å². The van der Waals surface area contributed by atoms with E-state index in [2.05, 4.69) is 18.3 Å². The van der Waals surface area contributed by atoms with Gasteiger partial charge in [0.05, 0.1) is 12.0 Å². The van der Waals surface area contributed by atoms with Crippen molar-refractivity contribution in [1.82, 2.24) is 5.32 Å². The molecule has 2 aliphatic rings. The summed E-state index contributed by atoms with van der Waals surface area (Å²) in [6, 6.07) is 2.93. The van der Waals surface area contributed by atoms with Crippen molar-refractivity contribution in [2.24, 2.45) is 17.8 Å². The molecule has 2 saturated carbocycles. The van der Waals surface area contributed by atoms with Crippen molar-refractivity contribution in [3.05, 3.63) is 0 Å². The van der Waals surface area contributed by atoms with Crippen molar-refractivity contribution in [1.29, 1.82) is 5.26 Å². The van der Waals surface area contributed by atoms with Crippen LogP contribution in [0.4, 0.5) is 0 Å². The maximum Gasteiger partial charge on any atom is 0.0672 e. The highest BCUT2D eigenvalue weighted by Gasteiger charge is 2.26. The zero-order chi connectivity index (χ0) is 12.1. The van der Waals surface area contributed by atoms with Gasteiger partial charge in [0.15, 0.2) is 0 Å². The fourth-order valence-electron chi connectivity index (χ4n) is 3.45. The molecule has 2 rings (SSSR count). The summed E-state index contributed by atoms with van der Waals surface area (Å²) in [4.78, 5) is 0. The first kappa shape index (κ1) is 12.9. The number of nitrogens with zero attached hydrogens (tertiary/aromatic N) is 1. The standard InChI is InChI=1S/C15H26N2/c1-12-5-7-13(8-6-12)9-10-17-15-4-2-3-14(15)11-16/h12-15,17H,2-10H2,1H3. The minimum atomic E-state index is 0.279. The van der Waals surface area contributed by atoms with E-state index in [1.807, 2.05) is 0 Å². The first-order chi connectivity index (χ1) is 8.29. The van der Waals surface area contributed by atoms with Crippen molar-refractivity contribution in [3.8, 4) is 6.07 Å². The second-order valence-electron chi connectivity index (χ2n) is 6.14. The predicted octanol–water partition coefficient (Wildman–Crippen LogP) is 3.48. The zero-order valence-electron chi connectivity index (χ0n) is 11.1. The minimum absolute atomic E-state index is 0.279. The summed E-state index contributed by atoms with van der Waals surface area (Å²) in [5, 5.41) is 12.6. The van der Waals surface area contributed by atoms with Crippen LogP contribution in [-0.4, -0.2) is 12.6 Å². The third-order valence-electron chi connectivity index (χ3n) is 4.78. The fourth-order valence-corrected chi connectivity index (χ4v) is 3.45. The van der Waals surface area contributed by atoms with Crippen LogP contribution in [0.3, 0.4) is 0 Å². The molecule has 96 valence electrons. The van der Waals surface area contributed by atoms with Gasteiger partial charge in [-0.25, -0.2) is 0 Å². The van der Waals surface area contributed by atoms with Crippen LogP contribution in [0.15, 0.2) is 0 Å². The second kappa shape index (κ2) is 6.40. The summed E-state index contributed by atoms with van der Waals surface area (Å²) >= 11 is 0. The molecule has 2 fully saturated rings. The number of hydrogen-bond acceptors (Lipinski definition) is 2. The Hall–Kier alpha value is -0.550. The van der Waals surface area contributed by atoms with Crippen molar-refractivity contribution in [2.45, 2.75) is 64.3 Å². The van der Waals surface area contributed by atoms with E-state index >= 15 is 0 Å². The molecule has 0 aliphatic heterocycles. The SMILES string of the molecule is CC1CCC(CCNC2CCCC2C#N)CC1. The Balaban J connectivity index is 1.61. The van der Waals surface area contributed by atoms with Crippen LogP contribution in [0.25, 0.3) is 0 Å². The molecule has 2 nitrogen and oxygen atoms in total. The van der Waals surface area contributed by atoms with Gasteiger partial charge in [0, 0.05) is 6.04 Å². The molecule has 0 radical (unpaired) electrons. The van der Waals surface area contributed by atoms with E-state index in [1.165, 1.54) is 44.9 Å². The molecule has 0 spiro atoms. The number of rotatable bonds is 4. The van der Waals surface area contributed by atoms with E-state index < -0.39 is 0 Å². The lowest BCUT2D eigenvalue weighted by Crippen LogP contribution is -2.33. The van der Waals surface area contributed by atoms with Gasteiger partial charge in [-0.15, -0.1) is 0 Å². The van der Waals surface area contributed by atoms with E-state index in [9.17, 15) is 0 Å². The van der Waals surface area contributed by atoms with Crippen LogP contribution in [0.5, 0.6) is 0 Å². The molecular weight excluding hydrogens is 208 g/mol. The molecule has 0 aromatic carbocycles. The average Bonchev–Trinajstić information content (AvgIpc) is 2.79. The van der Waals surface area contributed by atoms with Crippen LogP contribution in [0.2, 0.25) is 0 Å². The second-order valence-corrected chi connectivity index (χ2v) is 6.14. The Kier molecular flexibility index (Phi) is 4.86. The van der Waals surface area contributed by atoms with Crippen LogP contribution < -0.4 is 5.32 Å². The highest BCUT2D eigenvalue weighted by Crippen LogP contribution is 2.30. The lowest BCUT2D eigenvalue weighted by atomic mass is 9.81. The molecule has 17 heavy (non-hydrogen) atoms. The summed E-state index contributed by atoms with van der Waals surface area (Å²) in [6.45, 7) is 3.51. The summed E-state index contributed by atoms with van der Waals surface area (Å²) in [5.74, 6) is 2.18. The molecule has 2 heteroatoms. The van der Waals surface area contributed by atoms with Gasteiger partial charge in [-0.2, -0.15) is 5.26 Å². The fraction of sp³-hybridized carbons (Fsp3) is 0.933. The lowest BCUT2D eigenvalue weighted by molar-refractivity contribution is 0.271. The third kappa shape index (κ3) is 3.71. The van der Waals surface area contributed by atoms with Crippen LogP contribution >= 0.6 is 0 Å². The monoisotopic (exact) mass is 234 g/mol. The Morgan fingerprint density at radius 1 is 1.12 bits per heavy atom. The molecule has 0 saturated heterocycles. The van der Waals surface area contributed by atoms with E-state index in [0.29, 0.717) is 6.04 Å². The van der Waals surface area contributed by atoms with Gasteiger partial charge in [0.2, 0.25) is 0 Å². The third-order valence-corrected chi connectivity index (χ3v) is 4.78. The Bertz CT molecular complexity index is 261. The molecule has 2 atom stereocenters. The van der Waals surface area contributed by atoms with Crippen LogP contribution in [0, 0.1) is 29.1 Å². The number of nitriles is 1. The maximum atomic E-state index is 9.02. The van der Waals surface area contributed by atoms with Crippen molar-refractivity contribution in [2.75, 3.05) is 6.54 Å². The molecule has 2 unspecified atom stereocenters. The van der Waals surface area contributed by atoms with E-state index in [4.69, 9.17) is 5.26 Å². The molecule has 0 aromatic rings. The molecule has 0 bridgehead atoms. The summed E-state index contributed by atoms with van der Waals surface area (Å²) in [7, 11) is 0. The van der Waals surface area contributed by atoms with Gasteiger partial charge in [-0.3, -0.25) is 0 Å². The van der Waals surface area contributed by atoms with Gasteiger partial charge >= 0.3 is 0 Å². The first-order valence-electron chi connectivity index (χ1n) is 7.42. The number of nitrogens with one attached hydrogen (secondary N) is 1. The van der Waals surface area contributed by atoms with Gasteiger partial charge in [0.25, 0.3) is 0 Å². The number of hydrogen-bond donors (Lipinski definition) is 1. The Morgan fingerprint density at radius 3 is 2.59 bits per heavy atom. The topological polar surface area (TPSA) is 35.8 Å². The minimum Gasteiger partial charge on any atom is -0.313 e. The van der Waals surface area contributed by atoms with Crippen molar-refractivity contribution >= 4 is 0 Å². The summed E-state index contributed by atoms with van der Waals surface area (Å²) < 4.78 is 0.